The number of benzene rings is 1. The van der Waals surface area contributed by atoms with Crippen LogP contribution in [0.1, 0.15) is 48.4 Å². The van der Waals surface area contributed by atoms with E-state index in [-0.39, 0.29) is 39.2 Å². The lowest BCUT2D eigenvalue weighted by molar-refractivity contribution is 0.00451. The van der Waals surface area contributed by atoms with Gasteiger partial charge in [-0.25, -0.2) is 23.1 Å². The molecule has 0 saturated carbocycles. The Labute approximate surface area is 214 Å². The first-order chi connectivity index (χ1) is 17.8. The van der Waals surface area contributed by atoms with Gasteiger partial charge in [0, 0.05) is 48.1 Å². The monoisotopic (exact) mass is 530 g/mol. The van der Waals surface area contributed by atoms with Crippen molar-refractivity contribution in [2.45, 2.75) is 31.3 Å². The fourth-order valence-electron chi connectivity index (χ4n) is 4.62. The first-order valence-electron chi connectivity index (χ1n) is 11.5. The highest BCUT2D eigenvalue weighted by Crippen LogP contribution is 2.39. The summed E-state index contributed by atoms with van der Waals surface area (Å²) in [4.78, 5) is 26.0. The number of fused-ring (bicyclic) bond motifs is 1. The molecule has 1 aliphatic heterocycles. The van der Waals surface area contributed by atoms with Gasteiger partial charge in [0.25, 0.3) is 12.0 Å². The van der Waals surface area contributed by atoms with Crippen molar-refractivity contribution in [3.63, 3.8) is 0 Å². The van der Waals surface area contributed by atoms with Gasteiger partial charge < -0.3 is 9.47 Å². The Balaban J connectivity index is 1.67. The van der Waals surface area contributed by atoms with E-state index in [1.807, 2.05) is 6.07 Å². The molecule has 192 valence electrons. The van der Waals surface area contributed by atoms with Gasteiger partial charge in [-0.1, -0.05) is 11.6 Å². The van der Waals surface area contributed by atoms with Crippen molar-refractivity contribution in [1.29, 1.82) is 0 Å². The van der Waals surface area contributed by atoms with Gasteiger partial charge in [0.1, 0.15) is 11.3 Å². The number of pyridine rings is 2. The Morgan fingerprint density at radius 3 is 2.73 bits per heavy atom. The van der Waals surface area contributed by atoms with Crippen molar-refractivity contribution < 1.29 is 22.6 Å². The summed E-state index contributed by atoms with van der Waals surface area (Å²) >= 11 is 5.93. The maximum Gasteiger partial charge on any atom is 0.295 e. The Morgan fingerprint density at radius 2 is 2.00 bits per heavy atom. The van der Waals surface area contributed by atoms with Crippen LogP contribution >= 0.6 is 11.6 Å². The van der Waals surface area contributed by atoms with E-state index in [2.05, 4.69) is 15.0 Å². The van der Waals surface area contributed by atoms with Crippen LogP contribution in [0.5, 0.6) is 5.88 Å². The molecule has 1 aliphatic rings. The van der Waals surface area contributed by atoms with E-state index in [0.717, 1.165) is 16.2 Å². The summed E-state index contributed by atoms with van der Waals surface area (Å²) in [6.07, 6.45) is -0.531. The highest BCUT2D eigenvalue weighted by Gasteiger charge is 2.29. The van der Waals surface area contributed by atoms with E-state index >= 15 is 4.39 Å². The minimum absolute atomic E-state index is 0.00916. The van der Waals surface area contributed by atoms with Crippen molar-refractivity contribution in [3.8, 4) is 17.1 Å². The standard InChI is InChI=1S/C26H22ClF3N4O3/c1-34-25(24(29)30)33-23-17(26(34)35)12-19(32-22(23)16-4-3-15(27)11-18(16)28)13-6-8-37-20(9-13)14-5-7-31-21(10-14)36-2/h3-5,7,10-13,20,24H,6,8-9H2,1-2H3/t13-,20+/m0/s1. The van der Waals surface area contributed by atoms with Gasteiger partial charge in [-0.3, -0.25) is 14.3 Å². The number of alkyl halides is 2. The van der Waals surface area contributed by atoms with E-state index in [1.165, 1.54) is 26.3 Å². The highest BCUT2D eigenvalue weighted by molar-refractivity contribution is 6.30. The number of hydrogen-bond donors (Lipinski definition) is 0. The normalized spacial score (nSPS) is 17.9. The molecule has 0 amide bonds. The lowest BCUT2D eigenvalue weighted by Crippen LogP contribution is -2.24. The lowest BCUT2D eigenvalue weighted by atomic mass is 9.88. The molecule has 7 nitrogen and oxygen atoms in total. The quantitative estimate of drug-likeness (QED) is 0.326. The molecule has 0 spiro atoms. The third kappa shape index (κ3) is 4.78. The number of halogens is 4. The summed E-state index contributed by atoms with van der Waals surface area (Å²) in [5.41, 5.74) is 0.665. The van der Waals surface area contributed by atoms with Crippen LogP contribution in [0.2, 0.25) is 5.02 Å². The van der Waals surface area contributed by atoms with E-state index in [4.69, 9.17) is 21.1 Å². The van der Waals surface area contributed by atoms with Crippen LogP contribution < -0.4 is 10.3 Å². The molecule has 37 heavy (non-hydrogen) atoms. The maximum atomic E-state index is 15.0. The highest BCUT2D eigenvalue weighted by atomic mass is 35.5. The van der Waals surface area contributed by atoms with E-state index < -0.39 is 23.6 Å². The molecule has 0 bridgehead atoms. The lowest BCUT2D eigenvalue weighted by Gasteiger charge is -2.30. The largest absolute Gasteiger partial charge is 0.481 e. The van der Waals surface area contributed by atoms with Crippen molar-refractivity contribution in [2.24, 2.45) is 7.05 Å². The fourth-order valence-corrected chi connectivity index (χ4v) is 4.78. The average molecular weight is 531 g/mol. The molecular weight excluding hydrogens is 509 g/mol. The van der Waals surface area contributed by atoms with Crippen LogP contribution in [-0.4, -0.2) is 33.2 Å². The summed E-state index contributed by atoms with van der Waals surface area (Å²) in [6.45, 7) is 0.422. The molecular formula is C26H22ClF3N4O3. The van der Waals surface area contributed by atoms with Crippen LogP contribution in [0.15, 0.2) is 47.4 Å². The smallest absolute Gasteiger partial charge is 0.295 e. The predicted octanol–water partition coefficient (Wildman–Crippen LogP) is 5.76. The minimum atomic E-state index is -3.00. The molecule has 0 unspecified atom stereocenters. The molecule has 11 heteroatoms. The summed E-state index contributed by atoms with van der Waals surface area (Å²) in [5, 5.41) is 0.244. The zero-order valence-electron chi connectivity index (χ0n) is 19.9. The maximum absolute atomic E-state index is 15.0. The van der Waals surface area contributed by atoms with E-state index in [1.54, 1.807) is 18.3 Å². The van der Waals surface area contributed by atoms with Crippen LogP contribution in [0.25, 0.3) is 22.2 Å². The predicted molar refractivity (Wildman–Crippen MR) is 132 cm³/mol. The molecule has 1 fully saturated rings. The summed E-state index contributed by atoms with van der Waals surface area (Å²) in [7, 11) is 2.77. The van der Waals surface area contributed by atoms with Gasteiger partial charge in [0.2, 0.25) is 5.88 Å². The molecule has 4 aromatic rings. The van der Waals surface area contributed by atoms with Gasteiger partial charge in [-0.15, -0.1) is 0 Å². The van der Waals surface area contributed by atoms with Crippen molar-refractivity contribution in [1.82, 2.24) is 19.5 Å². The molecule has 5 rings (SSSR count). The Hall–Kier alpha value is -3.50. The van der Waals surface area contributed by atoms with Gasteiger partial charge in [0.05, 0.1) is 24.3 Å². The first-order valence-corrected chi connectivity index (χ1v) is 11.9. The van der Waals surface area contributed by atoms with Crippen LogP contribution in [-0.2, 0) is 11.8 Å². The van der Waals surface area contributed by atoms with Crippen molar-refractivity contribution >= 4 is 22.5 Å². The van der Waals surface area contributed by atoms with Crippen LogP contribution in [0, 0.1) is 5.82 Å². The molecule has 1 aromatic carbocycles. The van der Waals surface area contributed by atoms with Gasteiger partial charge in [0.15, 0.2) is 5.82 Å². The molecule has 0 aliphatic carbocycles. The minimum Gasteiger partial charge on any atom is -0.481 e. The van der Waals surface area contributed by atoms with Gasteiger partial charge >= 0.3 is 0 Å². The average Bonchev–Trinajstić information content (AvgIpc) is 2.90. The second-order valence-corrected chi connectivity index (χ2v) is 9.20. The molecule has 2 atom stereocenters. The topological polar surface area (TPSA) is 79.1 Å². The second-order valence-electron chi connectivity index (χ2n) is 8.76. The summed E-state index contributed by atoms with van der Waals surface area (Å²) < 4.78 is 54.4. The Morgan fingerprint density at radius 1 is 1.19 bits per heavy atom. The fraction of sp³-hybridized carbons (Fsp3) is 0.308. The summed E-state index contributed by atoms with van der Waals surface area (Å²) in [6, 6.07) is 9.17. The Kier molecular flexibility index (Phi) is 6.87. The molecule has 3 aromatic heterocycles. The number of methoxy groups -OCH3 is 1. The Bertz CT molecular complexity index is 1550. The molecule has 1 saturated heterocycles. The number of hydrogen-bond acceptors (Lipinski definition) is 6. The van der Waals surface area contributed by atoms with Gasteiger partial charge in [-0.05, 0) is 48.7 Å². The number of aromatic nitrogens is 4. The number of nitrogens with zero attached hydrogens (tertiary/aromatic N) is 4. The SMILES string of the molecule is COc1cc([C@H]2C[C@@H](c3cc4c(=O)n(C)c(C(F)F)nc4c(-c4ccc(Cl)cc4F)n3)CCO2)ccn1. The molecule has 0 radical (unpaired) electrons. The van der Waals surface area contributed by atoms with Crippen LogP contribution in [0.4, 0.5) is 13.2 Å². The third-order valence-corrected chi connectivity index (χ3v) is 6.78. The number of rotatable bonds is 5. The second kappa shape index (κ2) is 10.1. The zero-order chi connectivity index (χ0) is 26.3. The zero-order valence-corrected chi connectivity index (χ0v) is 20.7. The summed E-state index contributed by atoms with van der Waals surface area (Å²) in [5.74, 6) is -1.12. The van der Waals surface area contributed by atoms with E-state index in [9.17, 15) is 13.6 Å². The number of ether oxygens (including phenoxy) is 2. The molecule has 0 N–H and O–H groups in total. The van der Waals surface area contributed by atoms with Crippen LogP contribution in [0.3, 0.4) is 0 Å². The molecule has 4 heterocycles. The van der Waals surface area contributed by atoms with Crippen molar-refractivity contribution in [2.75, 3.05) is 13.7 Å². The first kappa shape index (κ1) is 25.2. The van der Waals surface area contributed by atoms with Crippen molar-refractivity contribution in [3.05, 3.63) is 80.9 Å². The van der Waals surface area contributed by atoms with Gasteiger partial charge in [-0.2, -0.15) is 0 Å². The van der Waals surface area contributed by atoms with E-state index in [0.29, 0.717) is 31.0 Å². The third-order valence-electron chi connectivity index (χ3n) is 6.54.